The van der Waals surface area contributed by atoms with E-state index in [1.165, 1.54) is 0 Å². The molecule has 3 heteroatoms. The fourth-order valence-electron chi connectivity index (χ4n) is 0.353. The maximum absolute atomic E-state index is 10.1. The second kappa shape index (κ2) is 4.06. The first-order chi connectivity index (χ1) is 4.13. The molecule has 0 aromatic heterocycles. The van der Waals surface area contributed by atoms with E-state index in [2.05, 4.69) is 4.99 Å². The van der Waals surface area contributed by atoms with Crippen molar-refractivity contribution in [3.63, 3.8) is 0 Å². The molecule has 0 aromatic carbocycles. The predicted molar refractivity (Wildman–Crippen MR) is 37.4 cm³/mol. The summed E-state index contributed by atoms with van der Waals surface area (Å²) in [6.45, 7) is 3.88. The van der Waals surface area contributed by atoms with Crippen molar-refractivity contribution in [2.45, 2.75) is 26.3 Å². The average Bonchev–Trinajstić information content (AvgIpc) is 1.63. The summed E-state index contributed by atoms with van der Waals surface area (Å²) in [5.41, 5.74) is 4.85. The monoisotopic (exact) mass is 128 g/mol. The first-order valence-corrected chi connectivity index (χ1v) is 2.93. The zero-order valence-electron chi connectivity index (χ0n) is 5.79. The van der Waals surface area contributed by atoms with Gasteiger partial charge >= 0.3 is 0 Å². The number of amides is 1. The van der Waals surface area contributed by atoms with Crippen molar-refractivity contribution in [2.24, 2.45) is 10.7 Å². The van der Waals surface area contributed by atoms with Crippen LogP contribution in [0.4, 0.5) is 0 Å². The van der Waals surface area contributed by atoms with E-state index in [1.54, 1.807) is 6.21 Å². The van der Waals surface area contributed by atoms with Crippen LogP contribution in [0.5, 0.6) is 0 Å². The van der Waals surface area contributed by atoms with Crippen LogP contribution in [0.3, 0.4) is 0 Å². The van der Waals surface area contributed by atoms with Crippen molar-refractivity contribution in [1.82, 2.24) is 0 Å². The fourth-order valence-corrected chi connectivity index (χ4v) is 0.353. The molecule has 0 aliphatic rings. The van der Waals surface area contributed by atoms with E-state index in [0.717, 1.165) is 0 Å². The summed E-state index contributed by atoms with van der Waals surface area (Å²) in [6.07, 6.45) is 1.80. The van der Waals surface area contributed by atoms with Crippen LogP contribution in [0.2, 0.25) is 0 Å². The van der Waals surface area contributed by atoms with Gasteiger partial charge < -0.3 is 5.73 Å². The second-order valence-electron chi connectivity index (χ2n) is 2.10. The van der Waals surface area contributed by atoms with Gasteiger partial charge in [0.05, 0.1) is 6.42 Å². The van der Waals surface area contributed by atoms with Gasteiger partial charge in [-0.15, -0.1) is 0 Å². The van der Waals surface area contributed by atoms with Gasteiger partial charge in [0.1, 0.15) is 0 Å². The van der Waals surface area contributed by atoms with Crippen LogP contribution >= 0.6 is 0 Å². The van der Waals surface area contributed by atoms with Gasteiger partial charge in [-0.25, -0.2) is 0 Å². The van der Waals surface area contributed by atoms with E-state index in [1.807, 2.05) is 13.8 Å². The molecule has 0 unspecified atom stereocenters. The van der Waals surface area contributed by atoms with Gasteiger partial charge in [0.25, 0.3) is 0 Å². The minimum Gasteiger partial charge on any atom is -0.369 e. The van der Waals surface area contributed by atoms with E-state index >= 15 is 0 Å². The third-order valence-corrected chi connectivity index (χ3v) is 0.696. The van der Waals surface area contributed by atoms with E-state index in [4.69, 9.17) is 5.73 Å². The highest BCUT2D eigenvalue weighted by atomic mass is 16.1. The maximum atomic E-state index is 10.1. The topological polar surface area (TPSA) is 55.4 Å². The van der Waals surface area contributed by atoms with Crippen LogP contribution in [-0.4, -0.2) is 18.2 Å². The molecule has 0 saturated carbocycles. The van der Waals surface area contributed by atoms with E-state index in [0.29, 0.717) is 0 Å². The summed E-state index contributed by atoms with van der Waals surface area (Å²) >= 11 is 0. The van der Waals surface area contributed by atoms with Crippen LogP contribution in [0.25, 0.3) is 0 Å². The number of hydrogen-bond acceptors (Lipinski definition) is 2. The number of aliphatic imine (C=N–C) groups is 1. The zero-order chi connectivity index (χ0) is 7.28. The molecule has 0 fully saturated rings. The molecule has 0 bridgehead atoms. The third kappa shape index (κ3) is 7.14. The number of carbonyl (C=O) groups is 1. The molecular formula is C6H12N2O. The summed E-state index contributed by atoms with van der Waals surface area (Å²) in [7, 11) is 0. The molecule has 9 heavy (non-hydrogen) atoms. The third-order valence-electron chi connectivity index (χ3n) is 0.696. The Morgan fingerprint density at radius 1 is 1.78 bits per heavy atom. The van der Waals surface area contributed by atoms with Gasteiger partial charge in [-0.2, -0.15) is 0 Å². The molecule has 52 valence electrons. The van der Waals surface area contributed by atoms with Gasteiger partial charge in [0.15, 0.2) is 0 Å². The van der Waals surface area contributed by atoms with Crippen molar-refractivity contribution >= 4 is 12.1 Å². The first-order valence-electron chi connectivity index (χ1n) is 2.93. The smallest absolute Gasteiger partial charge is 0.222 e. The molecule has 1 amide bonds. The van der Waals surface area contributed by atoms with Crippen molar-refractivity contribution < 1.29 is 4.79 Å². The minimum atomic E-state index is -0.334. The number of primary amides is 1. The van der Waals surface area contributed by atoms with Gasteiger partial charge in [0, 0.05) is 12.3 Å². The van der Waals surface area contributed by atoms with Gasteiger partial charge in [0.2, 0.25) is 5.91 Å². The summed E-state index contributed by atoms with van der Waals surface area (Å²) in [5, 5.41) is 0. The SMILES string of the molecule is CC(C)/N=C/CC(N)=O. The van der Waals surface area contributed by atoms with Gasteiger partial charge in [-0.05, 0) is 13.8 Å². The Bertz CT molecular complexity index is 118. The molecule has 0 radical (unpaired) electrons. The Balaban J connectivity index is 3.36. The largest absolute Gasteiger partial charge is 0.369 e. The lowest BCUT2D eigenvalue weighted by atomic mass is 10.4. The highest BCUT2D eigenvalue weighted by Crippen LogP contribution is 1.83. The Labute approximate surface area is 55.0 Å². The Morgan fingerprint density at radius 2 is 2.33 bits per heavy atom. The Hall–Kier alpha value is -0.860. The number of carbonyl (C=O) groups excluding carboxylic acids is 1. The van der Waals surface area contributed by atoms with Crippen molar-refractivity contribution in [2.75, 3.05) is 0 Å². The highest BCUT2D eigenvalue weighted by Gasteiger charge is 1.87. The molecule has 0 atom stereocenters. The second-order valence-corrected chi connectivity index (χ2v) is 2.10. The highest BCUT2D eigenvalue weighted by molar-refractivity contribution is 5.88. The Kier molecular flexibility index (Phi) is 3.67. The normalized spacial score (nSPS) is 11.0. The van der Waals surface area contributed by atoms with Crippen LogP contribution in [0, 0.1) is 0 Å². The van der Waals surface area contributed by atoms with E-state index < -0.39 is 0 Å². The van der Waals surface area contributed by atoms with E-state index in [-0.39, 0.29) is 18.4 Å². The van der Waals surface area contributed by atoms with E-state index in [9.17, 15) is 4.79 Å². The molecule has 0 aromatic rings. The molecule has 0 heterocycles. The summed E-state index contributed by atoms with van der Waals surface area (Å²) in [4.78, 5) is 14.1. The van der Waals surface area contributed by atoms with Gasteiger partial charge in [-0.1, -0.05) is 0 Å². The molecule has 3 nitrogen and oxygen atoms in total. The number of nitrogens with zero attached hydrogens (tertiary/aromatic N) is 1. The molecule has 0 spiro atoms. The van der Waals surface area contributed by atoms with Crippen LogP contribution in [-0.2, 0) is 4.79 Å². The standard InChI is InChI=1S/C6H12N2O/c1-5(2)8-4-3-6(7)9/h4-5H,3H2,1-2H3,(H2,7,9)/b8-4+. The fraction of sp³-hybridized carbons (Fsp3) is 0.667. The molecule has 0 aliphatic heterocycles. The lowest BCUT2D eigenvalue weighted by molar-refractivity contribution is -0.116. The molecule has 0 rings (SSSR count). The maximum Gasteiger partial charge on any atom is 0.222 e. The quantitative estimate of drug-likeness (QED) is 0.547. The zero-order valence-corrected chi connectivity index (χ0v) is 5.79. The summed E-state index contributed by atoms with van der Waals surface area (Å²) < 4.78 is 0. The number of nitrogens with two attached hydrogens (primary N) is 1. The molecule has 0 aliphatic carbocycles. The van der Waals surface area contributed by atoms with Crippen LogP contribution in [0.1, 0.15) is 20.3 Å². The van der Waals surface area contributed by atoms with Crippen LogP contribution < -0.4 is 5.73 Å². The Morgan fingerprint density at radius 3 is 2.67 bits per heavy atom. The molecule has 2 N–H and O–H groups in total. The van der Waals surface area contributed by atoms with Gasteiger partial charge in [-0.3, -0.25) is 9.79 Å². The van der Waals surface area contributed by atoms with Crippen molar-refractivity contribution in [1.29, 1.82) is 0 Å². The van der Waals surface area contributed by atoms with Crippen LogP contribution in [0.15, 0.2) is 4.99 Å². The lowest BCUT2D eigenvalue weighted by Gasteiger charge is -1.91. The minimum absolute atomic E-state index is 0.248. The predicted octanol–water partition coefficient (Wildman–Crippen LogP) is 0.341. The van der Waals surface area contributed by atoms with Crippen molar-refractivity contribution in [3.8, 4) is 0 Å². The van der Waals surface area contributed by atoms with Crippen molar-refractivity contribution in [3.05, 3.63) is 0 Å². The summed E-state index contributed by atoms with van der Waals surface area (Å²) in [6, 6.07) is 0.254. The lowest BCUT2D eigenvalue weighted by Crippen LogP contribution is -2.10. The summed E-state index contributed by atoms with van der Waals surface area (Å²) in [5.74, 6) is -0.334. The average molecular weight is 128 g/mol. The number of rotatable bonds is 3. The first kappa shape index (κ1) is 8.14. The number of hydrogen-bond donors (Lipinski definition) is 1. The molecule has 0 saturated heterocycles. The molecular weight excluding hydrogens is 116 g/mol.